The van der Waals surface area contributed by atoms with Gasteiger partial charge in [0.15, 0.2) is 0 Å². The molecule has 176 valence electrons. The van der Waals surface area contributed by atoms with E-state index in [-0.39, 0.29) is 23.8 Å². The molecule has 3 aromatic carbocycles. The number of fused-ring (bicyclic) bond motifs is 1. The predicted molar refractivity (Wildman–Crippen MR) is 127 cm³/mol. The average Bonchev–Trinajstić information content (AvgIpc) is 3.34. The molecule has 1 amide bonds. The lowest BCUT2D eigenvalue weighted by molar-refractivity contribution is -0.385. The topological polar surface area (TPSA) is 103 Å². The van der Waals surface area contributed by atoms with Gasteiger partial charge in [0.2, 0.25) is 0 Å². The van der Waals surface area contributed by atoms with Gasteiger partial charge in [-0.15, -0.1) is 0 Å². The second-order valence-corrected chi connectivity index (χ2v) is 7.94. The Balaban J connectivity index is 1.59. The Morgan fingerprint density at radius 3 is 2.66 bits per heavy atom. The number of amides is 1. The number of carbonyl (C=O) groups is 1. The maximum atomic E-state index is 14.9. The van der Waals surface area contributed by atoms with Crippen molar-refractivity contribution in [2.45, 2.75) is 12.7 Å². The molecule has 0 saturated carbocycles. The smallest absolute Gasteiger partial charge is 0.307 e. The summed E-state index contributed by atoms with van der Waals surface area (Å²) < 4.78 is 21.8. The number of rotatable bonds is 6. The van der Waals surface area contributed by atoms with Crippen molar-refractivity contribution in [1.82, 2.24) is 9.78 Å². The lowest BCUT2D eigenvalue weighted by Gasteiger charge is -2.38. The second kappa shape index (κ2) is 8.90. The highest BCUT2D eigenvalue weighted by molar-refractivity contribution is 6.12. The summed E-state index contributed by atoms with van der Waals surface area (Å²) in [6.07, 6.45) is 1.79. The number of nitro groups is 1. The molecule has 1 aliphatic heterocycles. The number of methoxy groups -OCH3 is 1. The molecule has 9 nitrogen and oxygen atoms in total. The fraction of sp³-hybridized carbons (Fsp3) is 0.120. The number of nitrogens with zero attached hydrogens (tertiary/aromatic N) is 4. The molecular formula is C25H20FN5O4. The first-order chi connectivity index (χ1) is 17.0. The summed E-state index contributed by atoms with van der Waals surface area (Å²) in [6.45, 7) is 0.196. The Kier molecular flexibility index (Phi) is 5.61. The molecule has 1 atom stereocenters. The lowest BCUT2D eigenvalue weighted by Crippen LogP contribution is -2.43. The highest BCUT2D eigenvalue weighted by Crippen LogP contribution is 2.38. The Bertz CT molecular complexity index is 1440. The Morgan fingerprint density at radius 2 is 1.91 bits per heavy atom. The number of hydrogen-bond donors (Lipinski definition) is 1. The van der Waals surface area contributed by atoms with Gasteiger partial charge >= 0.3 is 5.69 Å². The maximum absolute atomic E-state index is 14.9. The normalized spacial score (nSPS) is 14.9. The third kappa shape index (κ3) is 4.05. The first-order valence-corrected chi connectivity index (χ1v) is 10.7. The molecule has 1 N–H and O–H groups in total. The second-order valence-electron chi connectivity index (χ2n) is 7.94. The molecular weight excluding hydrogens is 453 g/mol. The number of nitrogens with one attached hydrogen (secondary N) is 1. The average molecular weight is 473 g/mol. The van der Waals surface area contributed by atoms with Crippen molar-refractivity contribution < 1.29 is 18.8 Å². The van der Waals surface area contributed by atoms with Gasteiger partial charge in [-0.1, -0.05) is 30.3 Å². The highest BCUT2D eigenvalue weighted by Gasteiger charge is 2.35. The van der Waals surface area contributed by atoms with E-state index in [4.69, 9.17) is 4.74 Å². The molecule has 0 bridgehead atoms. The number of aromatic nitrogens is 2. The Morgan fingerprint density at radius 1 is 1.14 bits per heavy atom. The minimum Gasteiger partial charge on any atom is -0.496 e. The molecule has 5 rings (SSSR count). The third-order valence-electron chi connectivity index (χ3n) is 5.82. The molecule has 0 saturated heterocycles. The van der Waals surface area contributed by atoms with Gasteiger partial charge in [-0.25, -0.2) is 4.39 Å². The van der Waals surface area contributed by atoms with Gasteiger partial charge in [-0.2, -0.15) is 5.10 Å². The molecule has 0 radical (unpaired) electrons. The summed E-state index contributed by atoms with van der Waals surface area (Å²) in [6, 6.07) is 18.5. The van der Waals surface area contributed by atoms with Gasteiger partial charge < -0.3 is 10.1 Å². The number of benzene rings is 3. The molecule has 4 aromatic rings. The van der Waals surface area contributed by atoms with E-state index in [1.807, 2.05) is 12.1 Å². The molecule has 0 fully saturated rings. The van der Waals surface area contributed by atoms with Crippen molar-refractivity contribution in [2.75, 3.05) is 17.3 Å². The van der Waals surface area contributed by atoms with Gasteiger partial charge in [-0.05, 0) is 42.0 Å². The van der Waals surface area contributed by atoms with Crippen LogP contribution < -0.4 is 15.0 Å². The monoisotopic (exact) mass is 473 g/mol. The number of carbonyl (C=O) groups excluding carboxylic acids is 1. The van der Waals surface area contributed by atoms with E-state index >= 15 is 0 Å². The van der Waals surface area contributed by atoms with Crippen molar-refractivity contribution in [3.8, 4) is 5.75 Å². The van der Waals surface area contributed by atoms with E-state index in [1.165, 1.54) is 35.2 Å². The predicted octanol–water partition coefficient (Wildman–Crippen LogP) is 4.76. The van der Waals surface area contributed by atoms with Crippen LogP contribution in [0.1, 0.15) is 27.7 Å². The van der Waals surface area contributed by atoms with E-state index in [9.17, 15) is 19.3 Å². The van der Waals surface area contributed by atoms with Crippen LogP contribution in [-0.4, -0.2) is 27.7 Å². The van der Waals surface area contributed by atoms with Gasteiger partial charge in [-0.3, -0.25) is 24.5 Å². The summed E-state index contributed by atoms with van der Waals surface area (Å²) in [5, 5.41) is 18.4. The molecule has 10 heteroatoms. The number of anilines is 2. The van der Waals surface area contributed by atoms with Crippen LogP contribution in [0.3, 0.4) is 0 Å². The summed E-state index contributed by atoms with van der Waals surface area (Å²) in [4.78, 5) is 25.4. The first kappa shape index (κ1) is 22.1. The van der Waals surface area contributed by atoms with Crippen LogP contribution in [0.15, 0.2) is 79.1 Å². The third-order valence-corrected chi connectivity index (χ3v) is 5.82. The fourth-order valence-electron chi connectivity index (χ4n) is 4.18. The minimum atomic E-state index is -0.717. The first-order valence-electron chi connectivity index (χ1n) is 10.7. The summed E-state index contributed by atoms with van der Waals surface area (Å²) >= 11 is 0. The van der Waals surface area contributed by atoms with Crippen molar-refractivity contribution in [3.05, 3.63) is 112 Å². The number of hydrogen-bond acceptors (Lipinski definition) is 6. The number of ether oxygens (including phenoxy) is 1. The van der Waals surface area contributed by atoms with Gasteiger partial charge in [0, 0.05) is 11.3 Å². The van der Waals surface area contributed by atoms with E-state index in [0.717, 1.165) is 0 Å². The summed E-state index contributed by atoms with van der Waals surface area (Å²) in [5.74, 6) is -0.314. The van der Waals surface area contributed by atoms with Gasteiger partial charge in [0.25, 0.3) is 5.91 Å². The van der Waals surface area contributed by atoms with Crippen molar-refractivity contribution in [2.24, 2.45) is 0 Å². The summed E-state index contributed by atoms with van der Waals surface area (Å²) in [5.41, 5.74) is 2.45. The zero-order chi connectivity index (χ0) is 24.5. The zero-order valence-electron chi connectivity index (χ0n) is 18.6. The highest BCUT2D eigenvalue weighted by atomic mass is 19.1. The molecule has 0 spiro atoms. The van der Waals surface area contributed by atoms with Crippen LogP contribution in [0.25, 0.3) is 0 Å². The number of halogens is 1. The lowest BCUT2D eigenvalue weighted by atomic mass is 10.0. The van der Waals surface area contributed by atoms with Crippen LogP contribution in [0.4, 0.5) is 21.5 Å². The van der Waals surface area contributed by atoms with Gasteiger partial charge in [0.05, 0.1) is 29.8 Å². The van der Waals surface area contributed by atoms with Crippen LogP contribution in [-0.2, 0) is 6.54 Å². The molecule has 0 aliphatic carbocycles. The van der Waals surface area contributed by atoms with Gasteiger partial charge in [0.1, 0.15) is 30.1 Å². The van der Waals surface area contributed by atoms with Crippen molar-refractivity contribution in [3.63, 3.8) is 0 Å². The molecule has 1 aliphatic rings. The van der Waals surface area contributed by atoms with E-state index in [0.29, 0.717) is 28.1 Å². The SMILES string of the molecule is COc1ccc([C@H]2Nc3ccccc3C(=O)N2c2ccccc2F)cc1Cn1cc([N+](=O)[O-])cn1. The van der Waals surface area contributed by atoms with E-state index in [2.05, 4.69) is 10.4 Å². The Hall–Kier alpha value is -4.73. The van der Waals surface area contributed by atoms with Crippen molar-refractivity contribution >= 4 is 23.0 Å². The van der Waals surface area contributed by atoms with E-state index < -0.39 is 16.9 Å². The van der Waals surface area contributed by atoms with Crippen LogP contribution >= 0.6 is 0 Å². The standard InChI is InChI=1S/C25H20FN5O4/c1-35-23-11-10-16(12-17(23)14-29-15-18(13-27-29)31(33)34)24-28-21-8-4-2-6-19(21)25(32)30(24)22-9-5-3-7-20(22)26/h2-13,15,24,28H,14H2,1H3/t24-/m0/s1. The van der Waals surface area contributed by atoms with Crippen LogP contribution in [0.2, 0.25) is 0 Å². The van der Waals surface area contributed by atoms with Crippen LogP contribution in [0, 0.1) is 15.9 Å². The quantitative estimate of drug-likeness (QED) is 0.320. The maximum Gasteiger partial charge on any atom is 0.307 e. The Labute approximate surface area is 199 Å². The largest absolute Gasteiger partial charge is 0.496 e. The molecule has 35 heavy (non-hydrogen) atoms. The van der Waals surface area contributed by atoms with E-state index in [1.54, 1.807) is 48.5 Å². The zero-order valence-corrected chi connectivity index (χ0v) is 18.6. The molecule has 2 heterocycles. The number of para-hydroxylation sites is 2. The minimum absolute atomic E-state index is 0.123. The van der Waals surface area contributed by atoms with Crippen LogP contribution in [0.5, 0.6) is 5.75 Å². The molecule has 0 unspecified atom stereocenters. The molecule has 1 aromatic heterocycles. The fourth-order valence-corrected chi connectivity index (χ4v) is 4.18. The van der Waals surface area contributed by atoms with Crippen molar-refractivity contribution in [1.29, 1.82) is 0 Å². The summed E-state index contributed by atoms with van der Waals surface area (Å²) in [7, 11) is 1.52.